The smallest absolute Gasteiger partial charge is 0.328 e. The Morgan fingerprint density at radius 2 is 1.91 bits per heavy atom. The summed E-state index contributed by atoms with van der Waals surface area (Å²) >= 11 is 0. The predicted octanol–water partition coefficient (Wildman–Crippen LogP) is 0.139. The number of rotatable bonds is 4. The molecule has 0 fully saturated rings. The van der Waals surface area contributed by atoms with Gasteiger partial charge in [-0.05, 0) is 0 Å². The fourth-order valence-electron chi connectivity index (χ4n) is 0.220. The Morgan fingerprint density at radius 1 is 1.45 bits per heavy atom. The molecule has 0 bridgehead atoms. The molecule has 11 heavy (non-hydrogen) atoms. The van der Waals surface area contributed by atoms with Crippen LogP contribution >= 0.6 is 7.60 Å². The summed E-state index contributed by atoms with van der Waals surface area (Å²) in [4.78, 5) is 25.7. The fraction of sp³-hybridized carbons (Fsp3) is 0.400. The second-order valence-electron chi connectivity index (χ2n) is 1.36. The van der Waals surface area contributed by atoms with Gasteiger partial charge in [-0.1, -0.05) is 0 Å². The zero-order chi connectivity index (χ0) is 9.33. The Kier molecular flexibility index (Phi) is 8.82. The van der Waals surface area contributed by atoms with Crippen LogP contribution < -0.4 is 0 Å². The molecular weight excluding hydrogens is 171 g/mol. The monoisotopic (exact) mass is 182 g/mol. The van der Waals surface area contributed by atoms with E-state index >= 15 is 0 Å². The van der Waals surface area contributed by atoms with Crippen molar-refractivity contribution in [1.29, 1.82) is 0 Å². The third-order valence-electron chi connectivity index (χ3n) is 0.568. The van der Waals surface area contributed by atoms with Crippen molar-refractivity contribution in [2.24, 2.45) is 0 Å². The summed E-state index contributed by atoms with van der Waals surface area (Å²) in [6.07, 6.45) is -0.411. The minimum Gasteiger partial charge on any atom is -0.467 e. The van der Waals surface area contributed by atoms with E-state index in [-0.39, 0.29) is 13.1 Å². The Labute approximate surface area is 64.8 Å². The molecule has 5 nitrogen and oxygen atoms in total. The lowest BCUT2D eigenvalue weighted by Gasteiger charge is -1.99. The standard InChI is InChI=1S/C3H7O5P.C2H4/c4-3-8-1-2-9(5,6)7;1-2/h3H,1-2H2,(H2,5,6,7);1-2H2. The summed E-state index contributed by atoms with van der Waals surface area (Å²) in [5.74, 6) is 0. The molecule has 6 heteroatoms. The van der Waals surface area contributed by atoms with E-state index in [2.05, 4.69) is 17.9 Å². The van der Waals surface area contributed by atoms with E-state index in [4.69, 9.17) is 9.79 Å². The van der Waals surface area contributed by atoms with Gasteiger partial charge in [0.1, 0.15) is 6.61 Å². The van der Waals surface area contributed by atoms with E-state index in [1.165, 1.54) is 0 Å². The molecule has 0 heterocycles. The first-order valence-electron chi connectivity index (χ1n) is 2.66. The normalized spacial score (nSPS) is 9.27. The van der Waals surface area contributed by atoms with E-state index in [1.54, 1.807) is 0 Å². The summed E-state index contributed by atoms with van der Waals surface area (Å²) in [7, 11) is -3.98. The van der Waals surface area contributed by atoms with E-state index < -0.39 is 13.8 Å². The number of carbonyl (C=O) groups is 1. The molecule has 0 radical (unpaired) electrons. The molecule has 0 atom stereocenters. The Bertz CT molecular complexity index is 140. The molecule has 0 aromatic carbocycles. The zero-order valence-corrected chi connectivity index (χ0v) is 6.87. The van der Waals surface area contributed by atoms with Crippen molar-refractivity contribution in [3.63, 3.8) is 0 Å². The quantitative estimate of drug-likeness (QED) is 0.279. The maximum atomic E-state index is 10.0. The second kappa shape index (κ2) is 7.47. The molecule has 0 aromatic rings. The molecule has 0 unspecified atom stereocenters. The second-order valence-corrected chi connectivity index (χ2v) is 3.13. The van der Waals surface area contributed by atoms with Gasteiger partial charge < -0.3 is 14.5 Å². The fourth-order valence-corrected chi connectivity index (χ4v) is 0.563. The predicted molar refractivity (Wildman–Crippen MR) is 40.2 cm³/mol. The highest BCUT2D eigenvalue weighted by Crippen LogP contribution is 2.33. The highest BCUT2D eigenvalue weighted by Gasteiger charge is 2.11. The van der Waals surface area contributed by atoms with Crippen LogP contribution in [0, 0.1) is 0 Å². The number of carbonyl (C=O) groups excluding carboxylic acids is 1. The number of hydrogen-bond acceptors (Lipinski definition) is 3. The Morgan fingerprint density at radius 3 is 2.18 bits per heavy atom. The van der Waals surface area contributed by atoms with E-state index in [9.17, 15) is 9.36 Å². The molecule has 0 aliphatic carbocycles. The topological polar surface area (TPSA) is 83.8 Å². The van der Waals surface area contributed by atoms with Crippen LogP contribution in [0.2, 0.25) is 0 Å². The van der Waals surface area contributed by atoms with Crippen molar-refractivity contribution in [2.75, 3.05) is 12.8 Å². The Balaban J connectivity index is 0. The van der Waals surface area contributed by atoms with E-state index in [1.807, 2.05) is 0 Å². The third-order valence-corrected chi connectivity index (χ3v) is 1.33. The van der Waals surface area contributed by atoms with Gasteiger partial charge in [0.2, 0.25) is 0 Å². The van der Waals surface area contributed by atoms with Crippen LogP contribution in [-0.4, -0.2) is 29.0 Å². The first-order chi connectivity index (χ1) is 5.06. The van der Waals surface area contributed by atoms with Gasteiger partial charge >= 0.3 is 7.60 Å². The van der Waals surface area contributed by atoms with Gasteiger partial charge in [0.25, 0.3) is 6.47 Å². The van der Waals surface area contributed by atoms with E-state index in [0.717, 1.165) is 0 Å². The van der Waals surface area contributed by atoms with Crippen LogP contribution in [0.4, 0.5) is 0 Å². The number of ether oxygens (including phenoxy) is 1. The lowest BCUT2D eigenvalue weighted by Crippen LogP contribution is -1.98. The summed E-state index contributed by atoms with van der Waals surface area (Å²) < 4.78 is 14.0. The van der Waals surface area contributed by atoms with Gasteiger partial charge in [0.05, 0.1) is 6.16 Å². The van der Waals surface area contributed by atoms with Crippen molar-refractivity contribution < 1.29 is 23.9 Å². The Hall–Kier alpha value is -0.640. The SMILES string of the molecule is C=C.O=COCCP(=O)(O)O. The molecule has 0 saturated carbocycles. The maximum absolute atomic E-state index is 10.0. The lowest BCUT2D eigenvalue weighted by atomic mass is 10.9. The summed E-state index contributed by atoms with van der Waals surface area (Å²) in [6, 6.07) is 0. The minimum absolute atomic E-state index is 0.148. The molecule has 0 aliphatic heterocycles. The average molecular weight is 182 g/mol. The molecular formula is C5H11O5P. The van der Waals surface area contributed by atoms with Crippen molar-refractivity contribution in [3.05, 3.63) is 13.2 Å². The molecule has 0 aromatic heterocycles. The minimum atomic E-state index is -3.98. The average Bonchev–Trinajstić information content (AvgIpc) is 1.90. The largest absolute Gasteiger partial charge is 0.467 e. The van der Waals surface area contributed by atoms with Crippen LogP contribution in [0.15, 0.2) is 13.2 Å². The van der Waals surface area contributed by atoms with Crippen molar-refractivity contribution >= 4 is 14.1 Å². The van der Waals surface area contributed by atoms with Gasteiger partial charge in [-0.15, -0.1) is 13.2 Å². The highest BCUT2D eigenvalue weighted by atomic mass is 31.2. The highest BCUT2D eigenvalue weighted by molar-refractivity contribution is 7.51. The first kappa shape index (κ1) is 13.0. The molecule has 0 saturated heterocycles. The molecule has 66 valence electrons. The van der Waals surface area contributed by atoms with Crippen LogP contribution in [0.5, 0.6) is 0 Å². The van der Waals surface area contributed by atoms with E-state index in [0.29, 0.717) is 0 Å². The van der Waals surface area contributed by atoms with Crippen LogP contribution in [0.3, 0.4) is 0 Å². The van der Waals surface area contributed by atoms with Gasteiger partial charge in [-0.25, -0.2) is 0 Å². The zero-order valence-electron chi connectivity index (χ0n) is 5.97. The maximum Gasteiger partial charge on any atom is 0.328 e. The molecule has 2 N–H and O–H groups in total. The van der Waals surface area contributed by atoms with Crippen molar-refractivity contribution in [1.82, 2.24) is 0 Å². The molecule has 0 spiro atoms. The van der Waals surface area contributed by atoms with Gasteiger partial charge in [0, 0.05) is 0 Å². The first-order valence-corrected chi connectivity index (χ1v) is 4.46. The molecule has 0 amide bonds. The van der Waals surface area contributed by atoms with Crippen molar-refractivity contribution in [3.8, 4) is 0 Å². The van der Waals surface area contributed by atoms with Gasteiger partial charge in [-0.2, -0.15) is 0 Å². The van der Waals surface area contributed by atoms with Crippen LogP contribution in [0.25, 0.3) is 0 Å². The summed E-state index contributed by atoms with van der Waals surface area (Å²) in [5, 5.41) is 0. The van der Waals surface area contributed by atoms with Gasteiger partial charge in [0.15, 0.2) is 0 Å². The van der Waals surface area contributed by atoms with Gasteiger partial charge in [-0.3, -0.25) is 9.36 Å². The van der Waals surface area contributed by atoms with Crippen LogP contribution in [0.1, 0.15) is 0 Å². The van der Waals surface area contributed by atoms with Crippen molar-refractivity contribution in [2.45, 2.75) is 0 Å². The molecule has 0 rings (SSSR count). The third kappa shape index (κ3) is 17.6. The van der Waals surface area contributed by atoms with Crippen LogP contribution in [-0.2, 0) is 14.1 Å². The summed E-state index contributed by atoms with van der Waals surface area (Å²) in [6.45, 7) is 5.92. The number of hydrogen-bond donors (Lipinski definition) is 2. The molecule has 0 aliphatic rings. The summed E-state index contributed by atoms with van der Waals surface area (Å²) in [5.41, 5.74) is 0. The lowest BCUT2D eigenvalue weighted by molar-refractivity contribution is -0.128.